The molecule has 154 valence electrons. The summed E-state index contributed by atoms with van der Waals surface area (Å²) in [7, 11) is 0. The topological polar surface area (TPSA) is 81.6 Å². The van der Waals surface area contributed by atoms with Crippen LogP contribution in [-0.2, 0) is 0 Å². The van der Waals surface area contributed by atoms with Crippen LogP contribution in [-0.4, -0.2) is 29.6 Å². The maximum atomic E-state index is 12.7. The number of aromatic nitrogens is 1. The molecule has 7 nitrogen and oxygen atoms in total. The van der Waals surface area contributed by atoms with Crippen molar-refractivity contribution >= 4 is 23.4 Å². The zero-order valence-corrected chi connectivity index (χ0v) is 17.2. The third-order valence-electron chi connectivity index (χ3n) is 4.87. The van der Waals surface area contributed by atoms with E-state index >= 15 is 0 Å². The van der Waals surface area contributed by atoms with Gasteiger partial charge in [-0.05, 0) is 44.2 Å². The van der Waals surface area contributed by atoms with Gasteiger partial charge in [-0.15, -0.1) is 0 Å². The van der Waals surface area contributed by atoms with Gasteiger partial charge in [0.1, 0.15) is 13.2 Å². The summed E-state index contributed by atoms with van der Waals surface area (Å²) in [6, 6.07) is 14.0. The van der Waals surface area contributed by atoms with E-state index in [1.807, 2.05) is 36.6 Å². The lowest BCUT2D eigenvalue weighted by molar-refractivity contribution is 0.0846. The smallest absolute Gasteiger partial charge is 0.271 e. The van der Waals surface area contributed by atoms with Crippen LogP contribution in [0.1, 0.15) is 32.1 Å². The van der Waals surface area contributed by atoms with E-state index < -0.39 is 11.8 Å². The number of hydrogen-bond acceptors (Lipinski definition) is 4. The van der Waals surface area contributed by atoms with E-state index in [0.29, 0.717) is 35.3 Å². The average molecular weight is 426 g/mol. The van der Waals surface area contributed by atoms with Crippen molar-refractivity contribution in [2.24, 2.45) is 0 Å². The van der Waals surface area contributed by atoms with Crippen molar-refractivity contribution in [3.05, 3.63) is 76.1 Å². The number of amides is 2. The van der Waals surface area contributed by atoms with E-state index in [-0.39, 0.29) is 5.56 Å². The number of carbonyl (C=O) groups excluding carboxylic acids is 2. The Hall–Kier alpha value is -3.45. The Morgan fingerprint density at radius 3 is 2.30 bits per heavy atom. The molecule has 2 heterocycles. The number of hydrazine groups is 1. The number of nitrogens with one attached hydrogen (secondary N) is 2. The first kappa shape index (κ1) is 19.8. The van der Waals surface area contributed by atoms with Crippen LogP contribution in [0, 0.1) is 13.8 Å². The van der Waals surface area contributed by atoms with Crippen LogP contribution in [0.5, 0.6) is 11.5 Å². The Morgan fingerprint density at radius 2 is 1.57 bits per heavy atom. The second-order valence-electron chi connectivity index (χ2n) is 6.84. The van der Waals surface area contributed by atoms with Crippen LogP contribution < -0.4 is 20.3 Å². The molecule has 0 spiro atoms. The molecule has 2 aromatic carbocycles. The van der Waals surface area contributed by atoms with Crippen LogP contribution in [0.3, 0.4) is 0 Å². The van der Waals surface area contributed by atoms with Crippen molar-refractivity contribution in [2.75, 3.05) is 13.2 Å². The van der Waals surface area contributed by atoms with E-state index in [9.17, 15) is 9.59 Å². The quantitative estimate of drug-likeness (QED) is 0.628. The molecule has 30 heavy (non-hydrogen) atoms. The highest BCUT2D eigenvalue weighted by atomic mass is 35.5. The molecule has 0 saturated heterocycles. The summed E-state index contributed by atoms with van der Waals surface area (Å²) in [6.07, 6.45) is 0. The third-order valence-corrected chi connectivity index (χ3v) is 5.20. The number of benzene rings is 2. The van der Waals surface area contributed by atoms with Gasteiger partial charge < -0.3 is 14.0 Å². The third kappa shape index (κ3) is 3.71. The van der Waals surface area contributed by atoms with Gasteiger partial charge in [-0.2, -0.15) is 0 Å². The van der Waals surface area contributed by atoms with Gasteiger partial charge in [0.15, 0.2) is 11.5 Å². The molecule has 1 aliphatic heterocycles. The van der Waals surface area contributed by atoms with Crippen LogP contribution in [0.15, 0.2) is 48.5 Å². The molecule has 4 rings (SSSR count). The molecule has 0 saturated carbocycles. The predicted molar refractivity (Wildman–Crippen MR) is 113 cm³/mol. The molecule has 3 aromatic rings. The van der Waals surface area contributed by atoms with Gasteiger partial charge in [0, 0.05) is 23.1 Å². The number of ether oxygens (including phenoxy) is 2. The minimum Gasteiger partial charge on any atom is -0.486 e. The Balaban J connectivity index is 1.54. The van der Waals surface area contributed by atoms with Gasteiger partial charge in [-0.25, -0.2) is 0 Å². The van der Waals surface area contributed by atoms with E-state index in [1.165, 1.54) is 0 Å². The van der Waals surface area contributed by atoms with Crippen LogP contribution >= 0.6 is 11.6 Å². The zero-order valence-electron chi connectivity index (χ0n) is 16.5. The van der Waals surface area contributed by atoms with Crippen LogP contribution in [0.25, 0.3) is 5.69 Å². The second kappa shape index (κ2) is 8.12. The lowest BCUT2D eigenvalue weighted by Crippen LogP contribution is -2.41. The minimum atomic E-state index is -0.491. The number of nitrogens with zero attached hydrogens (tertiary/aromatic N) is 1. The summed E-state index contributed by atoms with van der Waals surface area (Å²) in [5.74, 6) is 0.457. The summed E-state index contributed by atoms with van der Waals surface area (Å²) in [5, 5.41) is 0.307. The number of rotatable bonds is 3. The van der Waals surface area contributed by atoms with Gasteiger partial charge in [0.25, 0.3) is 11.8 Å². The van der Waals surface area contributed by atoms with Crippen molar-refractivity contribution in [3.63, 3.8) is 0 Å². The molecular formula is C22H20ClN3O4. The summed E-state index contributed by atoms with van der Waals surface area (Å²) in [6.45, 7) is 4.77. The molecule has 2 amide bonds. The van der Waals surface area contributed by atoms with Crippen molar-refractivity contribution in [1.29, 1.82) is 0 Å². The number of carbonyl (C=O) groups is 2. The van der Waals surface area contributed by atoms with Crippen molar-refractivity contribution in [3.8, 4) is 17.2 Å². The fraction of sp³-hybridized carbons (Fsp3) is 0.182. The summed E-state index contributed by atoms with van der Waals surface area (Å²) >= 11 is 6.02. The number of aryl methyl sites for hydroxylation is 1. The molecule has 0 fully saturated rings. The van der Waals surface area contributed by atoms with Crippen molar-refractivity contribution in [2.45, 2.75) is 13.8 Å². The predicted octanol–water partition coefficient (Wildman–Crippen LogP) is 3.59. The number of hydrogen-bond donors (Lipinski definition) is 2. The fourth-order valence-corrected chi connectivity index (χ4v) is 3.68. The summed E-state index contributed by atoms with van der Waals surface area (Å²) in [4.78, 5) is 25.0. The van der Waals surface area contributed by atoms with E-state index in [0.717, 1.165) is 17.1 Å². The largest absolute Gasteiger partial charge is 0.486 e. The second-order valence-corrected chi connectivity index (χ2v) is 7.24. The summed E-state index contributed by atoms with van der Waals surface area (Å²) < 4.78 is 13.2. The van der Waals surface area contributed by atoms with E-state index in [4.69, 9.17) is 21.1 Å². The van der Waals surface area contributed by atoms with Gasteiger partial charge >= 0.3 is 0 Å². The monoisotopic (exact) mass is 425 g/mol. The number of fused-ring (bicyclic) bond motifs is 1. The van der Waals surface area contributed by atoms with Gasteiger partial charge in [0.2, 0.25) is 0 Å². The maximum absolute atomic E-state index is 12.7. The maximum Gasteiger partial charge on any atom is 0.271 e. The minimum absolute atomic E-state index is 0.279. The molecule has 0 bridgehead atoms. The number of halogens is 1. The van der Waals surface area contributed by atoms with E-state index in [2.05, 4.69) is 10.9 Å². The van der Waals surface area contributed by atoms with Gasteiger partial charge in [0.05, 0.1) is 16.1 Å². The fourth-order valence-electron chi connectivity index (χ4n) is 3.45. The lowest BCUT2D eigenvalue weighted by Gasteiger charge is -2.20. The molecule has 8 heteroatoms. The highest BCUT2D eigenvalue weighted by Gasteiger charge is 2.20. The van der Waals surface area contributed by atoms with Crippen molar-refractivity contribution < 1.29 is 19.1 Å². The van der Waals surface area contributed by atoms with Gasteiger partial charge in [-0.3, -0.25) is 20.4 Å². The molecule has 2 N–H and O–H groups in total. The van der Waals surface area contributed by atoms with Gasteiger partial charge in [-0.1, -0.05) is 23.7 Å². The first-order valence-electron chi connectivity index (χ1n) is 9.40. The SMILES string of the molecule is Cc1cc(C(=O)NNC(=O)c2ccccc2Cl)c(C)n1-c1ccc2c(c1)OCCO2. The zero-order chi connectivity index (χ0) is 21.3. The molecule has 1 aliphatic rings. The van der Waals surface area contributed by atoms with Crippen LogP contribution in [0.4, 0.5) is 0 Å². The van der Waals surface area contributed by atoms with Crippen LogP contribution in [0.2, 0.25) is 5.02 Å². The molecular weight excluding hydrogens is 406 g/mol. The lowest BCUT2D eigenvalue weighted by atomic mass is 10.2. The Kier molecular flexibility index (Phi) is 5.37. The highest BCUT2D eigenvalue weighted by Crippen LogP contribution is 2.33. The highest BCUT2D eigenvalue weighted by molar-refractivity contribution is 6.33. The first-order chi connectivity index (χ1) is 14.5. The average Bonchev–Trinajstić information content (AvgIpc) is 3.05. The normalized spacial score (nSPS) is 12.4. The summed E-state index contributed by atoms with van der Waals surface area (Å²) in [5.41, 5.74) is 8.04. The van der Waals surface area contributed by atoms with Crippen molar-refractivity contribution in [1.82, 2.24) is 15.4 Å². The molecule has 0 atom stereocenters. The Bertz CT molecular complexity index is 1140. The Labute approximate surface area is 178 Å². The standard InChI is InChI=1S/C22H20ClN3O4/c1-13-11-17(22(28)25-24-21(27)16-5-3-4-6-18(16)23)14(2)26(13)15-7-8-19-20(12-15)30-10-9-29-19/h3-8,11-12H,9-10H2,1-2H3,(H,24,27)(H,25,28). The van der Waals surface area contributed by atoms with E-state index in [1.54, 1.807) is 30.3 Å². The molecule has 0 aliphatic carbocycles. The Morgan fingerprint density at radius 1 is 0.900 bits per heavy atom. The molecule has 0 radical (unpaired) electrons. The first-order valence-corrected chi connectivity index (χ1v) is 9.77. The molecule has 0 unspecified atom stereocenters. The molecule has 1 aromatic heterocycles.